The highest BCUT2D eigenvalue weighted by molar-refractivity contribution is 6.02. The predicted octanol–water partition coefficient (Wildman–Crippen LogP) is 6.37. The molecule has 1 aliphatic carbocycles. The first-order valence-electron chi connectivity index (χ1n) is 10.3. The topological polar surface area (TPSA) is 29.9 Å². The number of anilines is 1. The van der Waals surface area contributed by atoms with Crippen LogP contribution in [-0.2, 0) is 5.54 Å². The zero-order chi connectivity index (χ0) is 19.0. The molecule has 3 aromatic rings. The molecule has 1 saturated carbocycles. The normalized spacial score (nSPS) is 15.6. The van der Waals surface area contributed by atoms with Crippen molar-refractivity contribution < 1.29 is 0 Å². The fourth-order valence-corrected chi connectivity index (χ4v) is 4.21. The Morgan fingerprint density at radius 3 is 2.41 bits per heavy atom. The van der Waals surface area contributed by atoms with Crippen molar-refractivity contribution in [3.8, 4) is 11.3 Å². The van der Waals surface area contributed by atoms with Crippen LogP contribution in [0.1, 0.15) is 52.0 Å². The molecule has 0 amide bonds. The number of rotatable bonds is 4. The number of aryl methyl sites for hydroxylation is 1. The Kier molecular flexibility index (Phi) is 4.71. The fourth-order valence-electron chi connectivity index (χ4n) is 4.21. The van der Waals surface area contributed by atoms with Gasteiger partial charge in [0.2, 0.25) is 0 Å². The van der Waals surface area contributed by atoms with Crippen LogP contribution >= 0.6 is 0 Å². The highest BCUT2D eigenvalue weighted by Gasteiger charge is 2.23. The molecular formula is C24H31N3. The van der Waals surface area contributed by atoms with Crippen molar-refractivity contribution in [3.05, 3.63) is 48.0 Å². The van der Waals surface area contributed by atoms with Crippen molar-refractivity contribution in [2.45, 2.75) is 58.9 Å². The maximum Gasteiger partial charge on any atom is 0.102 e. The largest absolute Gasteiger partial charge is 0.384 e. The number of fused-ring (bicyclic) bond motifs is 1. The Morgan fingerprint density at radius 2 is 1.74 bits per heavy atom. The van der Waals surface area contributed by atoms with Crippen LogP contribution in [0.4, 0.5) is 5.69 Å². The number of nitrogens with zero attached hydrogens (tertiary/aromatic N) is 2. The quantitative estimate of drug-likeness (QED) is 0.585. The molecule has 27 heavy (non-hydrogen) atoms. The van der Waals surface area contributed by atoms with Crippen molar-refractivity contribution >= 4 is 16.6 Å². The van der Waals surface area contributed by atoms with Gasteiger partial charge in [0.25, 0.3) is 0 Å². The number of benzene rings is 2. The van der Waals surface area contributed by atoms with E-state index in [0.29, 0.717) is 0 Å². The van der Waals surface area contributed by atoms with Gasteiger partial charge in [-0.05, 0) is 58.6 Å². The lowest BCUT2D eigenvalue weighted by Crippen LogP contribution is -2.22. The molecule has 142 valence electrons. The maximum absolute atomic E-state index is 5.08. The van der Waals surface area contributed by atoms with Crippen molar-refractivity contribution in [2.24, 2.45) is 5.92 Å². The van der Waals surface area contributed by atoms with E-state index in [-0.39, 0.29) is 5.54 Å². The van der Waals surface area contributed by atoms with Crippen LogP contribution in [-0.4, -0.2) is 16.3 Å². The molecule has 1 heterocycles. The minimum atomic E-state index is -0.0642. The van der Waals surface area contributed by atoms with E-state index in [4.69, 9.17) is 5.10 Å². The minimum Gasteiger partial charge on any atom is -0.384 e. The summed E-state index contributed by atoms with van der Waals surface area (Å²) in [5, 5.41) is 10.1. The van der Waals surface area contributed by atoms with Crippen molar-refractivity contribution in [2.75, 3.05) is 11.9 Å². The minimum absolute atomic E-state index is 0.0642. The van der Waals surface area contributed by atoms with E-state index < -0.39 is 0 Å². The third-order valence-electron chi connectivity index (χ3n) is 5.72. The molecule has 1 aliphatic rings. The van der Waals surface area contributed by atoms with Gasteiger partial charge in [-0.25, -0.2) is 0 Å². The Bertz CT molecular complexity index is 923. The van der Waals surface area contributed by atoms with Crippen molar-refractivity contribution in [3.63, 3.8) is 0 Å². The second-order valence-electron chi connectivity index (χ2n) is 9.03. The lowest BCUT2D eigenvalue weighted by Gasteiger charge is -2.20. The monoisotopic (exact) mass is 361 g/mol. The zero-order valence-corrected chi connectivity index (χ0v) is 17.0. The van der Waals surface area contributed by atoms with Crippen LogP contribution in [0.3, 0.4) is 0 Å². The molecule has 3 nitrogen and oxygen atoms in total. The van der Waals surface area contributed by atoms with Gasteiger partial charge in [0.05, 0.1) is 16.4 Å². The third-order valence-corrected chi connectivity index (χ3v) is 5.72. The predicted molar refractivity (Wildman–Crippen MR) is 115 cm³/mol. The number of nitrogens with one attached hydrogen (secondary N) is 1. The smallest absolute Gasteiger partial charge is 0.102 e. The summed E-state index contributed by atoms with van der Waals surface area (Å²) in [7, 11) is 0. The second-order valence-corrected chi connectivity index (χ2v) is 9.03. The van der Waals surface area contributed by atoms with Crippen LogP contribution in [0, 0.1) is 12.8 Å². The SMILES string of the molecule is Cc1ccc(-c2nn(C(C)(C)C)c3cccc(NCC4CCCC4)c23)cc1. The lowest BCUT2D eigenvalue weighted by molar-refractivity contribution is 0.369. The highest BCUT2D eigenvalue weighted by atomic mass is 15.3. The van der Waals surface area contributed by atoms with Crippen LogP contribution < -0.4 is 5.32 Å². The zero-order valence-electron chi connectivity index (χ0n) is 17.0. The lowest BCUT2D eigenvalue weighted by atomic mass is 10.0. The Hall–Kier alpha value is -2.29. The van der Waals surface area contributed by atoms with E-state index >= 15 is 0 Å². The maximum atomic E-state index is 5.08. The average Bonchev–Trinajstić information content (AvgIpc) is 3.28. The molecule has 1 aromatic heterocycles. The van der Waals surface area contributed by atoms with Gasteiger partial charge in [-0.2, -0.15) is 5.10 Å². The van der Waals surface area contributed by atoms with Gasteiger partial charge in [0, 0.05) is 17.8 Å². The van der Waals surface area contributed by atoms with Gasteiger partial charge in [0.15, 0.2) is 0 Å². The number of hydrogen-bond donors (Lipinski definition) is 1. The third kappa shape index (κ3) is 3.60. The van der Waals surface area contributed by atoms with Gasteiger partial charge >= 0.3 is 0 Å². The molecule has 3 heteroatoms. The first kappa shape index (κ1) is 18.1. The van der Waals surface area contributed by atoms with Gasteiger partial charge in [-0.1, -0.05) is 48.7 Å². The molecule has 0 spiro atoms. The molecule has 1 fully saturated rings. The standard InChI is InChI=1S/C24H31N3/c1-17-12-14-19(15-13-17)23-22-20(25-16-18-8-5-6-9-18)10-7-11-21(22)27(26-23)24(2,3)4/h7,10-15,18,25H,5-6,8-9,16H2,1-4H3. The summed E-state index contributed by atoms with van der Waals surface area (Å²) >= 11 is 0. The molecule has 0 radical (unpaired) electrons. The first-order valence-corrected chi connectivity index (χ1v) is 10.3. The Labute approximate surface area is 162 Å². The second kappa shape index (κ2) is 7.03. The molecule has 0 unspecified atom stereocenters. The molecular weight excluding hydrogens is 330 g/mol. The molecule has 0 saturated heterocycles. The molecule has 0 atom stereocenters. The summed E-state index contributed by atoms with van der Waals surface area (Å²) in [6.07, 6.45) is 5.48. The summed E-state index contributed by atoms with van der Waals surface area (Å²) in [5.74, 6) is 0.806. The van der Waals surface area contributed by atoms with E-state index in [1.807, 2.05) is 0 Å². The Balaban J connectivity index is 1.83. The van der Waals surface area contributed by atoms with E-state index in [9.17, 15) is 0 Å². The van der Waals surface area contributed by atoms with E-state index in [0.717, 1.165) is 18.2 Å². The summed E-state index contributed by atoms with van der Waals surface area (Å²) in [6.45, 7) is 9.85. The summed E-state index contributed by atoms with van der Waals surface area (Å²) < 4.78 is 2.18. The van der Waals surface area contributed by atoms with E-state index in [2.05, 4.69) is 80.2 Å². The summed E-state index contributed by atoms with van der Waals surface area (Å²) in [6, 6.07) is 15.3. The number of aromatic nitrogens is 2. The van der Waals surface area contributed by atoms with Crippen molar-refractivity contribution in [1.82, 2.24) is 9.78 Å². The average molecular weight is 362 g/mol. The van der Waals surface area contributed by atoms with Gasteiger partial charge in [-0.3, -0.25) is 4.68 Å². The van der Waals surface area contributed by atoms with Crippen LogP contribution in [0.2, 0.25) is 0 Å². The van der Waals surface area contributed by atoms with Crippen LogP contribution in [0.15, 0.2) is 42.5 Å². The summed E-state index contributed by atoms with van der Waals surface area (Å²) in [4.78, 5) is 0. The van der Waals surface area contributed by atoms with E-state index in [1.165, 1.54) is 53.4 Å². The van der Waals surface area contributed by atoms with Crippen molar-refractivity contribution in [1.29, 1.82) is 0 Å². The van der Waals surface area contributed by atoms with Crippen LogP contribution in [0.25, 0.3) is 22.2 Å². The molecule has 0 aliphatic heterocycles. The fraction of sp³-hybridized carbons (Fsp3) is 0.458. The van der Waals surface area contributed by atoms with E-state index in [1.54, 1.807) is 0 Å². The van der Waals surface area contributed by atoms with Crippen LogP contribution in [0.5, 0.6) is 0 Å². The highest BCUT2D eigenvalue weighted by Crippen LogP contribution is 2.36. The Morgan fingerprint density at radius 1 is 1.04 bits per heavy atom. The first-order chi connectivity index (χ1) is 12.9. The summed E-state index contributed by atoms with van der Waals surface area (Å²) in [5.41, 5.74) is 5.89. The molecule has 2 aromatic carbocycles. The van der Waals surface area contributed by atoms with Gasteiger partial charge < -0.3 is 5.32 Å². The molecule has 0 bridgehead atoms. The number of hydrogen-bond acceptors (Lipinski definition) is 2. The van der Waals surface area contributed by atoms with Gasteiger partial charge in [-0.15, -0.1) is 0 Å². The van der Waals surface area contributed by atoms with Gasteiger partial charge in [0.1, 0.15) is 5.69 Å². The molecule has 1 N–H and O–H groups in total. The molecule has 4 rings (SSSR count).